The molecule has 0 radical (unpaired) electrons. The minimum Gasteiger partial charge on any atom is -0.331 e. The molecule has 1 aliphatic rings. The summed E-state index contributed by atoms with van der Waals surface area (Å²) in [4.78, 5) is 19.9. The molecular formula is C20H22N4O. The van der Waals surface area contributed by atoms with Crippen molar-refractivity contribution in [3.63, 3.8) is 0 Å². The van der Waals surface area contributed by atoms with Crippen LogP contribution in [0.15, 0.2) is 36.7 Å². The average Bonchev–Trinajstić information content (AvgIpc) is 3.22. The molecule has 1 amide bonds. The van der Waals surface area contributed by atoms with Crippen LogP contribution in [0.1, 0.15) is 46.1 Å². The van der Waals surface area contributed by atoms with Crippen LogP contribution in [0.5, 0.6) is 0 Å². The maximum absolute atomic E-state index is 13.2. The number of benzene rings is 1. The molecule has 5 heteroatoms. The number of nitrogens with zero attached hydrogens (tertiary/aromatic N) is 4. The van der Waals surface area contributed by atoms with Crippen LogP contribution in [0, 0.1) is 13.8 Å². The monoisotopic (exact) mass is 334 g/mol. The maximum Gasteiger partial charge on any atom is 0.256 e. The molecule has 5 nitrogen and oxygen atoms in total. The number of carbonyl (C=O) groups is 1. The molecule has 0 aliphatic carbocycles. The summed E-state index contributed by atoms with van der Waals surface area (Å²) in [6.07, 6.45) is 5.87. The van der Waals surface area contributed by atoms with Crippen molar-refractivity contribution in [3.8, 4) is 0 Å². The normalized spacial score (nSPS) is 17.4. The van der Waals surface area contributed by atoms with E-state index in [0.717, 1.165) is 41.5 Å². The number of aromatic nitrogens is 3. The number of hydrogen-bond acceptors (Lipinski definition) is 3. The second-order valence-electron chi connectivity index (χ2n) is 6.92. The zero-order chi connectivity index (χ0) is 17.6. The van der Waals surface area contributed by atoms with Gasteiger partial charge < -0.3 is 4.90 Å². The average molecular weight is 334 g/mol. The van der Waals surface area contributed by atoms with E-state index in [1.54, 1.807) is 4.68 Å². The Kier molecular flexibility index (Phi) is 3.79. The zero-order valence-electron chi connectivity index (χ0n) is 14.9. The molecule has 128 valence electrons. The van der Waals surface area contributed by atoms with Gasteiger partial charge in [0.2, 0.25) is 0 Å². The Bertz CT molecular complexity index is 959. The Balaban J connectivity index is 1.72. The molecule has 1 aliphatic heterocycles. The molecule has 1 fully saturated rings. The Morgan fingerprint density at radius 2 is 2.08 bits per heavy atom. The van der Waals surface area contributed by atoms with Gasteiger partial charge in [0.15, 0.2) is 0 Å². The highest BCUT2D eigenvalue weighted by Crippen LogP contribution is 2.33. The molecule has 0 unspecified atom stereocenters. The number of rotatable bonds is 2. The van der Waals surface area contributed by atoms with Crippen LogP contribution in [0.25, 0.3) is 10.9 Å². The van der Waals surface area contributed by atoms with Gasteiger partial charge in [0.05, 0.1) is 29.0 Å². The fourth-order valence-corrected chi connectivity index (χ4v) is 3.73. The highest BCUT2D eigenvalue weighted by molar-refractivity contribution is 5.99. The summed E-state index contributed by atoms with van der Waals surface area (Å²) >= 11 is 0. The lowest BCUT2D eigenvalue weighted by molar-refractivity contribution is 0.0734. The van der Waals surface area contributed by atoms with E-state index < -0.39 is 0 Å². The highest BCUT2D eigenvalue weighted by atomic mass is 16.2. The quantitative estimate of drug-likeness (QED) is 0.720. The Morgan fingerprint density at radius 3 is 2.84 bits per heavy atom. The first-order valence-corrected chi connectivity index (χ1v) is 8.70. The highest BCUT2D eigenvalue weighted by Gasteiger charge is 2.32. The minimum atomic E-state index is 0.0692. The summed E-state index contributed by atoms with van der Waals surface area (Å²) < 4.78 is 1.79. The van der Waals surface area contributed by atoms with Gasteiger partial charge in [0, 0.05) is 30.7 Å². The number of hydrogen-bond donors (Lipinski definition) is 0. The number of carbonyl (C=O) groups excluding carboxylic acids is 1. The van der Waals surface area contributed by atoms with Crippen LogP contribution in [0.3, 0.4) is 0 Å². The van der Waals surface area contributed by atoms with E-state index in [1.165, 1.54) is 5.56 Å². The molecule has 4 rings (SSSR count). The van der Waals surface area contributed by atoms with Gasteiger partial charge in [-0.2, -0.15) is 5.10 Å². The first-order valence-electron chi connectivity index (χ1n) is 8.70. The molecule has 0 saturated carbocycles. The summed E-state index contributed by atoms with van der Waals surface area (Å²) in [6, 6.07) is 8.25. The Hall–Kier alpha value is -2.69. The lowest BCUT2D eigenvalue weighted by Gasteiger charge is -2.24. The van der Waals surface area contributed by atoms with Gasteiger partial charge in [-0.05, 0) is 44.9 Å². The molecule has 3 heterocycles. The third-order valence-corrected chi connectivity index (χ3v) is 5.01. The van der Waals surface area contributed by atoms with E-state index in [4.69, 9.17) is 0 Å². The van der Waals surface area contributed by atoms with Crippen molar-refractivity contribution in [3.05, 3.63) is 59.0 Å². The SMILES string of the molecule is Cc1ccc2nc(C)c(C(=O)N3CCC[C@@H]3c3cnn(C)c3)cc2c1. The van der Waals surface area contributed by atoms with Crippen LogP contribution < -0.4 is 0 Å². The third-order valence-electron chi connectivity index (χ3n) is 5.01. The lowest BCUT2D eigenvalue weighted by atomic mass is 10.0. The fraction of sp³-hybridized carbons (Fsp3) is 0.350. The van der Waals surface area contributed by atoms with Gasteiger partial charge in [0.25, 0.3) is 5.91 Å². The topological polar surface area (TPSA) is 51.0 Å². The van der Waals surface area contributed by atoms with Crippen molar-refractivity contribution < 1.29 is 4.79 Å². The maximum atomic E-state index is 13.2. The van der Waals surface area contributed by atoms with E-state index in [1.807, 2.05) is 43.4 Å². The van der Waals surface area contributed by atoms with Crippen molar-refractivity contribution in [2.24, 2.45) is 7.05 Å². The molecule has 1 atom stereocenters. The molecule has 1 aromatic carbocycles. The van der Waals surface area contributed by atoms with Crippen molar-refractivity contribution in [2.75, 3.05) is 6.54 Å². The summed E-state index contributed by atoms with van der Waals surface area (Å²) in [7, 11) is 1.91. The second kappa shape index (κ2) is 5.99. The Labute approximate surface area is 147 Å². The number of fused-ring (bicyclic) bond motifs is 1. The first-order chi connectivity index (χ1) is 12.0. The molecule has 0 bridgehead atoms. The molecule has 0 spiro atoms. The van der Waals surface area contributed by atoms with Crippen molar-refractivity contribution in [1.82, 2.24) is 19.7 Å². The molecule has 1 saturated heterocycles. The zero-order valence-corrected chi connectivity index (χ0v) is 14.9. The van der Waals surface area contributed by atoms with E-state index in [-0.39, 0.29) is 11.9 Å². The largest absolute Gasteiger partial charge is 0.331 e. The van der Waals surface area contributed by atoms with Crippen LogP contribution in [0.4, 0.5) is 0 Å². The van der Waals surface area contributed by atoms with Gasteiger partial charge in [0.1, 0.15) is 0 Å². The molecule has 3 aromatic rings. The van der Waals surface area contributed by atoms with E-state index in [9.17, 15) is 4.79 Å². The lowest BCUT2D eigenvalue weighted by Crippen LogP contribution is -2.31. The number of pyridine rings is 1. The predicted octanol–water partition coefficient (Wildman–Crippen LogP) is 3.56. The smallest absolute Gasteiger partial charge is 0.256 e. The van der Waals surface area contributed by atoms with Gasteiger partial charge in [-0.1, -0.05) is 11.6 Å². The summed E-state index contributed by atoms with van der Waals surface area (Å²) in [5.41, 5.74) is 4.71. The van der Waals surface area contributed by atoms with Crippen molar-refractivity contribution in [1.29, 1.82) is 0 Å². The number of likely N-dealkylation sites (tertiary alicyclic amines) is 1. The van der Waals surface area contributed by atoms with Gasteiger partial charge in [-0.15, -0.1) is 0 Å². The van der Waals surface area contributed by atoms with E-state index >= 15 is 0 Å². The number of aryl methyl sites for hydroxylation is 3. The van der Waals surface area contributed by atoms with E-state index in [2.05, 4.69) is 29.1 Å². The van der Waals surface area contributed by atoms with Crippen molar-refractivity contribution >= 4 is 16.8 Å². The molecule has 2 aromatic heterocycles. The van der Waals surface area contributed by atoms with Crippen LogP contribution in [-0.4, -0.2) is 32.1 Å². The summed E-state index contributed by atoms with van der Waals surface area (Å²) in [6.45, 7) is 4.76. The first kappa shape index (κ1) is 15.8. The fourth-order valence-electron chi connectivity index (χ4n) is 3.73. The minimum absolute atomic E-state index is 0.0692. The molecule has 25 heavy (non-hydrogen) atoms. The molecule has 0 N–H and O–H groups in total. The second-order valence-corrected chi connectivity index (χ2v) is 6.92. The summed E-state index contributed by atoms with van der Waals surface area (Å²) in [5, 5.41) is 5.28. The van der Waals surface area contributed by atoms with Crippen LogP contribution in [0.2, 0.25) is 0 Å². The predicted molar refractivity (Wildman–Crippen MR) is 97.4 cm³/mol. The van der Waals surface area contributed by atoms with Gasteiger partial charge in [-0.3, -0.25) is 14.5 Å². The standard InChI is InChI=1S/C20H22N4O/c1-13-6-7-18-15(9-13)10-17(14(2)22-18)20(25)24-8-4-5-19(24)16-11-21-23(3)12-16/h6-7,9-12,19H,4-5,8H2,1-3H3/t19-/m1/s1. The number of amides is 1. The third kappa shape index (κ3) is 2.80. The van der Waals surface area contributed by atoms with Gasteiger partial charge in [-0.25, -0.2) is 0 Å². The van der Waals surface area contributed by atoms with Gasteiger partial charge >= 0.3 is 0 Å². The Morgan fingerprint density at radius 1 is 1.24 bits per heavy atom. The molecular weight excluding hydrogens is 312 g/mol. The van der Waals surface area contributed by atoms with Crippen LogP contribution >= 0.6 is 0 Å². The summed E-state index contributed by atoms with van der Waals surface area (Å²) in [5.74, 6) is 0.0692. The van der Waals surface area contributed by atoms with Crippen LogP contribution in [-0.2, 0) is 7.05 Å². The van der Waals surface area contributed by atoms with E-state index in [0.29, 0.717) is 5.56 Å². The van der Waals surface area contributed by atoms with Crippen molar-refractivity contribution in [2.45, 2.75) is 32.7 Å².